The van der Waals surface area contributed by atoms with E-state index in [2.05, 4.69) is 16.2 Å². The molecule has 1 atom stereocenters. The van der Waals surface area contributed by atoms with E-state index >= 15 is 0 Å². The molecule has 2 aromatic carbocycles. The summed E-state index contributed by atoms with van der Waals surface area (Å²) in [7, 11) is 0. The van der Waals surface area contributed by atoms with Gasteiger partial charge in [-0.15, -0.1) is 0 Å². The Bertz CT molecular complexity index is 699. The molecule has 0 saturated heterocycles. The zero-order chi connectivity index (χ0) is 17.5. The van der Waals surface area contributed by atoms with Crippen molar-refractivity contribution in [2.75, 3.05) is 5.43 Å². The summed E-state index contributed by atoms with van der Waals surface area (Å²) in [6.45, 7) is 5.71. The summed E-state index contributed by atoms with van der Waals surface area (Å²) in [6.07, 6.45) is 0. The van der Waals surface area contributed by atoms with Crippen LogP contribution < -0.4 is 16.2 Å². The SMILES string of the molecule is Cc1cccc(C(=O)NC(C(=O)NNc2ccccc2)C(C)C)c1. The van der Waals surface area contributed by atoms with E-state index in [4.69, 9.17) is 0 Å². The van der Waals surface area contributed by atoms with Crippen molar-refractivity contribution in [1.82, 2.24) is 10.7 Å². The second kappa shape index (κ2) is 8.15. The van der Waals surface area contributed by atoms with Crippen molar-refractivity contribution in [2.24, 2.45) is 5.92 Å². The lowest BCUT2D eigenvalue weighted by molar-refractivity contribution is -0.123. The van der Waals surface area contributed by atoms with Gasteiger partial charge < -0.3 is 5.32 Å². The van der Waals surface area contributed by atoms with Crippen LogP contribution in [0.1, 0.15) is 29.8 Å². The third-order valence-electron chi connectivity index (χ3n) is 3.62. The van der Waals surface area contributed by atoms with E-state index in [1.165, 1.54) is 0 Å². The molecule has 0 fully saturated rings. The van der Waals surface area contributed by atoms with Crippen LogP contribution in [0.5, 0.6) is 0 Å². The smallest absolute Gasteiger partial charge is 0.261 e. The molecule has 1 unspecified atom stereocenters. The molecule has 2 aromatic rings. The van der Waals surface area contributed by atoms with Gasteiger partial charge in [0.05, 0.1) is 5.69 Å². The number of para-hydroxylation sites is 1. The van der Waals surface area contributed by atoms with E-state index < -0.39 is 6.04 Å². The Kier molecular flexibility index (Phi) is 5.95. The predicted molar refractivity (Wildman–Crippen MR) is 95.5 cm³/mol. The number of nitrogens with one attached hydrogen (secondary N) is 3. The van der Waals surface area contributed by atoms with Crippen molar-refractivity contribution < 1.29 is 9.59 Å². The van der Waals surface area contributed by atoms with Gasteiger partial charge in [0.2, 0.25) is 0 Å². The van der Waals surface area contributed by atoms with Crippen LogP contribution in [0, 0.1) is 12.8 Å². The fourth-order valence-electron chi connectivity index (χ4n) is 2.28. The summed E-state index contributed by atoms with van der Waals surface area (Å²) in [5.41, 5.74) is 7.82. The first-order chi connectivity index (χ1) is 11.5. The maximum absolute atomic E-state index is 12.4. The van der Waals surface area contributed by atoms with Gasteiger partial charge >= 0.3 is 0 Å². The summed E-state index contributed by atoms with van der Waals surface area (Å²) in [6, 6.07) is 16.0. The molecule has 0 aliphatic carbocycles. The maximum Gasteiger partial charge on any atom is 0.261 e. The highest BCUT2D eigenvalue weighted by Crippen LogP contribution is 2.08. The van der Waals surface area contributed by atoms with E-state index in [1.54, 1.807) is 12.1 Å². The van der Waals surface area contributed by atoms with E-state index in [0.717, 1.165) is 11.3 Å². The predicted octanol–water partition coefficient (Wildman–Crippen LogP) is 2.89. The number of amides is 2. The van der Waals surface area contributed by atoms with Gasteiger partial charge in [-0.1, -0.05) is 49.7 Å². The van der Waals surface area contributed by atoms with Gasteiger partial charge in [0.25, 0.3) is 11.8 Å². The normalized spacial score (nSPS) is 11.7. The zero-order valence-electron chi connectivity index (χ0n) is 14.2. The molecule has 0 aliphatic heterocycles. The molecular weight excluding hydrogens is 302 g/mol. The molecule has 2 amide bonds. The Morgan fingerprint density at radius 3 is 2.29 bits per heavy atom. The summed E-state index contributed by atoms with van der Waals surface area (Å²) in [4.78, 5) is 24.8. The van der Waals surface area contributed by atoms with Crippen molar-refractivity contribution >= 4 is 17.5 Å². The van der Waals surface area contributed by atoms with Crippen LogP contribution >= 0.6 is 0 Å². The second-order valence-corrected chi connectivity index (χ2v) is 6.04. The fourth-order valence-corrected chi connectivity index (χ4v) is 2.28. The standard InChI is InChI=1S/C19H23N3O2/c1-13(2)17(19(24)22-21-16-10-5-4-6-11-16)20-18(23)15-9-7-8-14(3)12-15/h4-13,17,21H,1-3H3,(H,20,23)(H,22,24). The molecule has 5 heteroatoms. The highest BCUT2D eigenvalue weighted by atomic mass is 16.2. The summed E-state index contributed by atoms with van der Waals surface area (Å²) >= 11 is 0. The molecule has 126 valence electrons. The third kappa shape index (κ3) is 4.84. The van der Waals surface area contributed by atoms with Gasteiger partial charge in [0.1, 0.15) is 6.04 Å². The summed E-state index contributed by atoms with van der Waals surface area (Å²) in [5.74, 6) is -0.585. The number of carbonyl (C=O) groups excluding carboxylic acids is 2. The van der Waals surface area contributed by atoms with E-state index in [0.29, 0.717) is 5.56 Å². The van der Waals surface area contributed by atoms with E-state index in [-0.39, 0.29) is 17.7 Å². The highest BCUT2D eigenvalue weighted by molar-refractivity contribution is 5.97. The molecule has 0 aliphatic rings. The minimum absolute atomic E-state index is 0.0451. The monoisotopic (exact) mass is 325 g/mol. The van der Waals surface area contributed by atoms with Crippen LogP contribution in [0.4, 0.5) is 5.69 Å². The highest BCUT2D eigenvalue weighted by Gasteiger charge is 2.24. The quantitative estimate of drug-likeness (QED) is 0.715. The van der Waals surface area contributed by atoms with Crippen molar-refractivity contribution in [3.63, 3.8) is 0 Å². The van der Waals surface area contributed by atoms with Crippen LogP contribution in [0.15, 0.2) is 54.6 Å². The lowest BCUT2D eigenvalue weighted by Gasteiger charge is -2.22. The third-order valence-corrected chi connectivity index (χ3v) is 3.62. The Hall–Kier alpha value is -2.82. The molecular formula is C19H23N3O2. The first-order valence-electron chi connectivity index (χ1n) is 7.96. The minimum Gasteiger partial charge on any atom is -0.340 e. The van der Waals surface area contributed by atoms with Crippen molar-refractivity contribution in [2.45, 2.75) is 26.8 Å². The molecule has 0 heterocycles. The van der Waals surface area contributed by atoms with Gasteiger partial charge in [0, 0.05) is 5.56 Å². The molecule has 0 saturated carbocycles. The average molecular weight is 325 g/mol. The van der Waals surface area contributed by atoms with Gasteiger partial charge in [-0.3, -0.25) is 20.4 Å². The number of carbonyl (C=O) groups is 2. The minimum atomic E-state index is -0.630. The molecule has 0 radical (unpaired) electrons. The number of benzene rings is 2. The Morgan fingerprint density at radius 2 is 1.67 bits per heavy atom. The Morgan fingerprint density at radius 1 is 0.958 bits per heavy atom. The first-order valence-corrected chi connectivity index (χ1v) is 7.96. The molecule has 24 heavy (non-hydrogen) atoms. The van der Waals surface area contributed by atoms with E-state index in [1.807, 2.05) is 63.2 Å². The second-order valence-electron chi connectivity index (χ2n) is 6.04. The van der Waals surface area contributed by atoms with Crippen LogP contribution in [-0.2, 0) is 4.79 Å². The number of hydrazine groups is 1. The van der Waals surface area contributed by atoms with Gasteiger partial charge in [-0.25, -0.2) is 0 Å². The topological polar surface area (TPSA) is 70.2 Å². The first kappa shape index (κ1) is 17.5. The van der Waals surface area contributed by atoms with Crippen molar-refractivity contribution in [3.05, 3.63) is 65.7 Å². The maximum atomic E-state index is 12.4. The molecule has 2 rings (SSSR count). The molecule has 0 spiro atoms. The zero-order valence-corrected chi connectivity index (χ0v) is 14.2. The summed E-state index contributed by atoms with van der Waals surface area (Å²) < 4.78 is 0. The van der Waals surface area contributed by atoms with Crippen LogP contribution in [0.3, 0.4) is 0 Å². The van der Waals surface area contributed by atoms with Crippen LogP contribution in [-0.4, -0.2) is 17.9 Å². The summed E-state index contributed by atoms with van der Waals surface area (Å²) in [5, 5.41) is 2.81. The van der Waals surface area contributed by atoms with Crippen LogP contribution in [0.25, 0.3) is 0 Å². The number of hydrogen-bond acceptors (Lipinski definition) is 3. The molecule has 5 nitrogen and oxygen atoms in total. The molecule has 3 N–H and O–H groups in total. The van der Waals surface area contributed by atoms with Crippen LogP contribution in [0.2, 0.25) is 0 Å². The Balaban J connectivity index is 2.00. The van der Waals surface area contributed by atoms with Crippen molar-refractivity contribution in [1.29, 1.82) is 0 Å². The number of hydrogen-bond donors (Lipinski definition) is 3. The Labute approximate surface area is 142 Å². The van der Waals surface area contributed by atoms with Gasteiger partial charge in [0.15, 0.2) is 0 Å². The fraction of sp³-hybridized carbons (Fsp3) is 0.263. The number of aryl methyl sites for hydroxylation is 1. The molecule has 0 bridgehead atoms. The number of anilines is 1. The van der Waals surface area contributed by atoms with Gasteiger partial charge in [-0.2, -0.15) is 0 Å². The molecule has 0 aromatic heterocycles. The van der Waals surface area contributed by atoms with Gasteiger partial charge in [-0.05, 0) is 37.1 Å². The van der Waals surface area contributed by atoms with E-state index in [9.17, 15) is 9.59 Å². The lowest BCUT2D eigenvalue weighted by atomic mass is 10.0. The van der Waals surface area contributed by atoms with Crippen molar-refractivity contribution in [3.8, 4) is 0 Å². The number of rotatable bonds is 6. The average Bonchev–Trinajstić information content (AvgIpc) is 2.58. The largest absolute Gasteiger partial charge is 0.340 e. The lowest BCUT2D eigenvalue weighted by Crippen LogP contribution is -2.51.